The SMILES string of the molecule is CCOC(=O)c1cn2nc([C@H](C)NC)cc2nc1N1CC[C@H](NC(=O)OC(C)(C)C)C1. The number of rotatable bonds is 6. The van der Waals surface area contributed by atoms with Crippen LogP contribution in [0.5, 0.6) is 0 Å². The van der Waals surface area contributed by atoms with E-state index in [0.717, 1.165) is 12.1 Å². The number of nitrogens with one attached hydrogen (secondary N) is 2. The van der Waals surface area contributed by atoms with Crippen LogP contribution in [0, 0.1) is 0 Å². The van der Waals surface area contributed by atoms with Crippen LogP contribution in [0.1, 0.15) is 63.1 Å². The molecule has 0 spiro atoms. The van der Waals surface area contributed by atoms with Crippen molar-refractivity contribution in [1.82, 2.24) is 25.2 Å². The number of carbonyl (C=O) groups excluding carboxylic acids is 2. The van der Waals surface area contributed by atoms with Gasteiger partial charge in [0.2, 0.25) is 0 Å². The van der Waals surface area contributed by atoms with E-state index in [1.54, 1.807) is 17.6 Å². The minimum atomic E-state index is -0.559. The van der Waals surface area contributed by atoms with Crippen LogP contribution in [-0.2, 0) is 9.47 Å². The number of carbonyl (C=O) groups is 2. The molecule has 1 saturated heterocycles. The Bertz CT molecular complexity index is 951. The number of ether oxygens (including phenoxy) is 2. The Morgan fingerprint density at radius 1 is 1.35 bits per heavy atom. The van der Waals surface area contributed by atoms with Gasteiger partial charge in [0, 0.05) is 31.4 Å². The Balaban J connectivity index is 1.86. The summed E-state index contributed by atoms with van der Waals surface area (Å²) in [5, 5.41) is 10.6. The summed E-state index contributed by atoms with van der Waals surface area (Å²) in [7, 11) is 1.86. The lowest BCUT2D eigenvalue weighted by Crippen LogP contribution is -2.40. The fourth-order valence-electron chi connectivity index (χ4n) is 3.43. The summed E-state index contributed by atoms with van der Waals surface area (Å²) in [6.07, 6.45) is 1.93. The van der Waals surface area contributed by atoms with Crippen molar-refractivity contribution in [3.05, 3.63) is 23.5 Å². The molecule has 1 amide bonds. The summed E-state index contributed by atoms with van der Waals surface area (Å²) in [5.74, 6) is 0.0807. The number of aromatic nitrogens is 3. The van der Waals surface area contributed by atoms with Crippen LogP contribution in [0.4, 0.5) is 10.6 Å². The average molecular weight is 433 g/mol. The maximum absolute atomic E-state index is 12.6. The molecule has 0 radical (unpaired) electrons. The number of fused-ring (bicyclic) bond motifs is 1. The van der Waals surface area contributed by atoms with Gasteiger partial charge in [0.1, 0.15) is 17.0 Å². The van der Waals surface area contributed by atoms with Gasteiger partial charge in [-0.25, -0.2) is 19.1 Å². The summed E-state index contributed by atoms with van der Waals surface area (Å²) in [5.41, 5.74) is 1.26. The predicted octanol–water partition coefficient (Wildman–Crippen LogP) is 2.29. The minimum Gasteiger partial charge on any atom is -0.462 e. The highest BCUT2D eigenvalue weighted by Gasteiger charge is 2.30. The van der Waals surface area contributed by atoms with Crippen LogP contribution in [0.3, 0.4) is 0 Å². The van der Waals surface area contributed by atoms with E-state index in [2.05, 4.69) is 15.7 Å². The molecular weight excluding hydrogens is 400 g/mol. The second-order valence-corrected chi connectivity index (χ2v) is 8.66. The van der Waals surface area contributed by atoms with Crippen LogP contribution in [0.15, 0.2) is 12.3 Å². The van der Waals surface area contributed by atoms with Gasteiger partial charge >= 0.3 is 12.1 Å². The van der Waals surface area contributed by atoms with E-state index in [1.807, 2.05) is 45.7 Å². The predicted molar refractivity (Wildman–Crippen MR) is 116 cm³/mol. The van der Waals surface area contributed by atoms with E-state index >= 15 is 0 Å². The van der Waals surface area contributed by atoms with Gasteiger partial charge in [-0.05, 0) is 48.1 Å². The highest BCUT2D eigenvalue weighted by molar-refractivity contribution is 5.95. The molecule has 2 aromatic rings. The van der Waals surface area contributed by atoms with Crippen molar-refractivity contribution in [3.63, 3.8) is 0 Å². The topological polar surface area (TPSA) is 110 Å². The summed E-state index contributed by atoms with van der Waals surface area (Å²) >= 11 is 0. The van der Waals surface area contributed by atoms with Crippen molar-refractivity contribution in [2.75, 3.05) is 31.6 Å². The van der Waals surface area contributed by atoms with Crippen molar-refractivity contribution in [1.29, 1.82) is 0 Å². The molecule has 31 heavy (non-hydrogen) atoms. The molecule has 2 atom stereocenters. The van der Waals surface area contributed by atoms with Gasteiger partial charge in [-0.1, -0.05) is 0 Å². The summed E-state index contributed by atoms with van der Waals surface area (Å²) in [4.78, 5) is 31.5. The van der Waals surface area contributed by atoms with Gasteiger partial charge in [-0.2, -0.15) is 5.10 Å². The highest BCUT2D eigenvalue weighted by atomic mass is 16.6. The Labute approximate surface area is 182 Å². The van der Waals surface area contributed by atoms with Gasteiger partial charge in [-0.3, -0.25) is 0 Å². The molecular formula is C21H32N6O4. The third kappa shape index (κ3) is 5.43. The van der Waals surface area contributed by atoms with Crippen molar-refractivity contribution in [2.24, 2.45) is 0 Å². The number of amides is 1. The number of nitrogens with zero attached hydrogens (tertiary/aromatic N) is 4. The third-order valence-corrected chi connectivity index (χ3v) is 5.03. The van der Waals surface area contributed by atoms with Crippen LogP contribution < -0.4 is 15.5 Å². The number of hydrogen-bond acceptors (Lipinski definition) is 8. The van der Waals surface area contributed by atoms with Crippen LogP contribution in [0.2, 0.25) is 0 Å². The molecule has 170 valence electrons. The lowest BCUT2D eigenvalue weighted by Gasteiger charge is -2.23. The molecule has 3 heterocycles. The smallest absolute Gasteiger partial charge is 0.407 e. The Hall–Kier alpha value is -2.88. The second-order valence-electron chi connectivity index (χ2n) is 8.66. The molecule has 0 bridgehead atoms. The zero-order valence-corrected chi connectivity index (χ0v) is 19.1. The van der Waals surface area contributed by atoms with E-state index in [1.165, 1.54) is 0 Å². The Kier molecular flexibility index (Phi) is 6.68. The first kappa shape index (κ1) is 22.8. The average Bonchev–Trinajstić information content (AvgIpc) is 3.31. The van der Waals surface area contributed by atoms with Gasteiger partial charge in [0.05, 0.1) is 18.3 Å². The molecule has 10 nitrogen and oxygen atoms in total. The maximum atomic E-state index is 12.6. The molecule has 10 heteroatoms. The van der Waals surface area contributed by atoms with Crippen molar-refractivity contribution >= 4 is 23.5 Å². The first-order chi connectivity index (χ1) is 14.6. The van der Waals surface area contributed by atoms with Gasteiger partial charge in [-0.15, -0.1) is 0 Å². The van der Waals surface area contributed by atoms with Crippen LogP contribution in [0.25, 0.3) is 5.65 Å². The zero-order valence-electron chi connectivity index (χ0n) is 19.1. The molecule has 2 aromatic heterocycles. The largest absolute Gasteiger partial charge is 0.462 e. The van der Waals surface area contributed by atoms with E-state index < -0.39 is 17.7 Å². The fourth-order valence-corrected chi connectivity index (χ4v) is 3.43. The van der Waals surface area contributed by atoms with Crippen molar-refractivity contribution < 1.29 is 19.1 Å². The van der Waals surface area contributed by atoms with Crippen molar-refractivity contribution in [2.45, 2.75) is 58.7 Å². The maximum Gasteiger partial charge on any atom is 0.407 e. The van der Waals surface area contributed by atoms with Gasteiger partial charge in [0.25, 0.3) is 0 Å². The zero-order chi connectivity index (χ0) is 22.8. The molecule has 1 aliphatic rings. The van der Waals surface area contributed by atoms with Gasteiger partial charge < -0.3 is 25.0 Å². The quantitative estimate of drug-likeness (QED) is 0.669. The number of hydrogen-bond donors (Lipinski definition) is 2. The van der Waals surface area contributed by atoms with Crippen LogP contribution >= 0.6 is 0 Å². The molecule has 0 unspecified atom stereocenters. The number of anilines is 1. The fraction of sp³-hybridized carbons (Fsp3) is 0.619. The minimum absolute atomic E-state index is 0.0467. The highest BCUT2D eigenvalue weighted by Crippen LogP contribution is 2.25. The second kappa shape index (κ2) is 9.09. The molecule has 1 aliphatic heterocycles. The molecule has 0 aliphatic carbocycles. The van der Waals surface area contributed by atoms with E-state index in [4.69, 9.17) is 14.5 Å². The molecule has 0 aromatic carbocycles. The normalized spacial score (nSPS) is 17.6. The monoisotopic (exact) mass is 432 g/mol. The lowest BCUT2D eigenvalue weighted by molar-refractivity contribution is 0.0502. The van der Waals surface area contributed by atoms with Crippen LogP contribution in [-0.4, -0.2) is 65.0 Å². The summed E-state index contributed by atoms with van der Waals surface area (Å²) in [6, 6.07) is 1.84. The Morgan fingerprint density at radius 2 is 2.10 bits per heavy atom. The standard InChI is InChI=1S/C21H32N6O4/c1-7-30-19(28)15-12-27-17(10-16(25-27)13(2)22-6)24-18(15)26-9-8-14(11-26)23-20(29)31-21(3,4)5/h10,12-14,22H,7-9,11H2,1-6H3,(H,23,29)/t13-,14-/m0/s1. The molecule has 1 fully saturated rings. The van der Waals surface area contributed by atoms with E-state index in [9.17, 15) is 9.59 Å². The third-order valence-electron chi connectivity index (χ3n) is 5.03. The number of alkyl carbamates (subject to hydrolysis) is 1. The van der Waals surface area contributed by atoms with E-state index in [-0.39, 0.29) is 18.7 Å². The van der Waals surface area contributed by atoms with E-state index in [0.29, 0.717) is 30.1 Å². The molecule has 2 N–H and O–H groups in total. The number of esters is 1. The first-order valence-corrected chi connectivity index (χ1v) is 10.6. The first-order valence-electron chi connectivity index (χ1n) is 10.6. The summed E-state index contributed by atoms with van der Waals surface area (Å²) < 4.78 is 12.2. The molecule has 0 saturated carbocycles. The molecule has 3 rings (SSSR count). The summed E-state index contributed by atoms with van der Waals surface area (Å²) in [6.45, 7) is 10.7. The lowest BCUT2D eigenvalue weighted by atomic mass is 10.2. The Morgan fingerprint density at radius 3 is 2.74 bits per heavy atom. The van der Waals surface area contributed by atoms with Gasteiger partial charge in [0.15, 0.2) is 5.65 Å². The van der Waals surface area contributed by atoms with Crippen molar-refractivity contribution in [3.8, 4) is 0 Å².